The molecule has 0 aliphatic carbocycles. The van der Waals surface area contributed by atoms with E-state index in [0.717, 1.165) is 0 Å². The first-order valence-electron chi connectivity index (χ1n) is 7.04. The molecule has 0 spiro atoms. The molecular formula is C15H16F3N3O2S. The highest BCUT2D eigenvalue weighted by molar-refractivity contribution is 7.92. The molecule has 1 aromatic heterocycles. The van der Waals surface area contributed by atoms with Crippen molar-refractivity contribution in [1.82, 2.24) is 9.97 Å². The standard InChI is InChI=1S/C15H16F3N3O2S/c1-9(2)24(22,23)13-7-5-4-6-12(13)21-14-11(15(16,17)18)8-19-10(3)20-14/h4-9H,1-3H3,(H,19,20,21). The number of anilines is 2. The van der Waals surface area contributed by atoms with E-state index in [4.69, 9.17) is 0 Å². The number of halogens is 3. The fourth-order valence-electron chi connectivity index (χ4n) is 1.97. The highest BCUT2D eigenvalue weighted by Crippen LogP contribution is 2.36. The van der Waals surface area contributed by atoms with Crippen molar-refractivity contribution in [2.24, 2.45) is 0 Å². The van der Waals surface area contributed by atoms with Gasteiger partial charge in [-0.15, -0.1) is 0 Å². The normalized spacial score (nSPS) is 12.5. The zero-order valence-electron chi connectivity index (χ0n) is 13.2. The quantitative estimate of drug-likeness (QED) is 0.901. The largest absolute Gasteiger partial charge is 0.421 e. The summed E-state index contributed by atoms with van der Waals surface area (Å²) in [5, 5.41) is 1.79. The van der Waals surface area contributed by atoms with Gasteiger partial charge in [0.2, 0.25) is 0 Å². The zero-order valence-corrected chi connectivity index (χ0v) is 14.0. The predicted octanol–water partition coefficient (Wildman–Crippen LogP) is 3.73. The van der Waals surface area contributed by atoms with Gasteiger partial charge in [0.15, 0.2) is 9.84 Å². The van der Waals surface area contributed by atoms with Crippen molar-refractivity contribution >= 4 is 21.3 Å². The van der Waals surface area contributed by atoms with E-state index in [0.29, 0.717) is 6.20 Å². The topological polar surface area (TPSA) is 72.0 Å². The molecule has 0 aliphatic rings. The average molecular weight is 359 g/mol. The van der Waals surface area contributed by atoms with E-state index in [1.165, 1.54) is 45.0 Å². The Hall–Kier alpha value is -2.16. The predicted molar refractivity (Wildman–Crippen MR) is 83.8 cm³/mol. The molecular weight excluding hydrogens is 343 g/mol. The Kier molecular flexibility index (Phi) is 4.84. The molecule has 2 rings (SSSR count). The van der Waals surface area contributed by atoms with Gasteiger partial charge in [-0.1, -0.05) is 12.1 Å². The van der Waals surface area contributed by atoms with Crippen molar-refractivity contribution in [3.63, 3.8) is 0 Å². The van der Waals surface area contributed by atoms with E-state index >= 15 is 0 Å². The van der Waals surface area contributed by atoms with Crippen LogP contribution >= 0.6 is 0 Å². The molecule has 24 heavy (non-hydrogen) atoms. The van der Waals surface area contributed by atoms with E-state index < -0.39 is 32.6 Å². The Morgan fingerprint density at radius 2 is 1.79 bits per heavy atom. The summed E-state index contributed by atoms with van der Waals surface area (Å²) in [7, 11) is -3.67. The lowest BCUT2D eigenvalue weighted by Gasteiger charge is -2.17. The van der Waals surface area contributed by atoms with Crippen LogP contribution in [0.25, 0.3) is 0 Å². The lowest BCUT2D eigenvalue weighted by atomic mass is 10.2. The molecule has 9 heteroatoms. The first-order chi connectivity index (χ1) is 11.0. The molecule has 130 valence electrons. The maximum absolute atomic E-state index is 13.1. The molecule has 0 radical (unpaired) electrons. The number of nitrogens with one attached hydrogen (secondary N) is 1. The Labute approximate surface area is 137 Å². The number of aryl methyl sites for hydroxylation is 1. The summed E-state index contributed by atoms with van der Waals surface area (Å²) in [6.07, 6.45) is -3.99. The van der Waals surface area contributed by atoms with Crippen LogP contribution in [0, 0.1) is 6.92 Å². The fraction of sp³-hybridized carbons (Fsp3) is 0.333. The third-order valence-corrected chi connectivity index (χ3v) is 5.49. The van der Waals surface area contributed by atoms with E-state index in [9.17, 15) is 21.6 Å². The molecule has 0 saturated carbocycles. The second kappa shape index (κ2) is 6.39. The van der Waals surface area contributed by atoms with Gasteiger partial charge in [-0.25, -0.2) is 18.4 Å². The maximum atomic E-state index is 13.1. The number of rotatable bonds is 4. The van der Waals surface area contributed by atoms with Gasteiger partial charge >= 0.3 is 6.18 Å². The SMILES string of the molecule is Cc1ncc(C(F)(F)F)c(Nc2ccccc2S(=O)(=O)C(C)C)n1. The van der Waals surface area contributed by atoms with Crippen LogP contribution in [0.1, 0.15) is 25.2 Å². The Morgan fingerprint density at radius 3 is 2.38 bits per heavy atom. The molecule has 0 saturated heterocycles. The van der Waals surface area contributed by atoms with Crippen molar-refractivity contribution < 1.29 is 21.6 Å². The number of hydrogen-bond donors (Lipinski definition) is 1. The highest BCUT2D eigenvalue weighted by atomic mass is 32.2. The summed E-state index contributed by atoms with van der Waals surface area (Å²) in [6, 6.07) is 5.78. The molecule has 5 nitrogen and oxygen atoms in total. The Bertz CT molecular complexity index is 849. The summed E-state index contributed by atoms with van der Waals surface area (Å²) in [5.41, 5.74) is -1.03. The molecule has 1 aromatic carbocycles. The Balaban J connectivity index is 2.57. The van der Waals surface area contributed by atoms with Gasteiger partial charge in [-0.3, -0.25) is 0 Å². The highest BCUT2D eigenvalue weighted by Gasteiger charge is 2.35. The van der Waals surface area contributed by atoms with Crippen LogP contribution in [0.2, 0.25) is 0 Å². The summed E-state index contributed by atoms with van der Waals surface area (Å²) >= 11 is 0. The number of aromatic nitrogens is 2. The second-order valence-corrected chi connectivity index (χ2v) is 7.86. The van der Waals surface area contributed by atoms with Crippen molar-refractivity contribution in [1.29, 1.82) is 0 Å². The van der Waals surface area contributed by atoms with Gasteiger partial charge in [0.1, 0.15) is 17.2 Å². The molecule has 0 fully saturated rings. The van der Waals surface area contributed by atoms with Gasteiger partial charge in [0.05, 0.1) is 15.8 Å². The number of alkyl halides is 3. The van der Waals surface area contributed by atoms with E-state index in [1.807, 2.05) is 0 Å². The van der Waals surface area contributed by atoms with Crippen LogP contribution in [0.5, 0.6) is 0 Å². The number of nitrogens with zero attached hydrogens (tertiary/aromatic N) is 2. The third kappa shape index (κ3) is 3.66. The molecule has 0 unspecified atom stereocenters. The first kappa shape index (κ1) is 18.2. The second-order valence-electron chi connectivity index (χ2n) is 5.39. The fourth-order valence-corrected chi connectivity index (χ4v) is 3.17. The third-order valence-electron chi connectivity index (χ3n) is 3.28. The van der Waals surface area contributed by atoms with Gasteiger partial charge < -0.3 is 5.32 Å². The van der Waals surface area contributed by atoms with Crippen LogP contribution < -0.4 is 5.32 Å². The number of sulfone groups is 1. The van der Waals surface area contributed by atoms with Crippen molar-refractivity contribution in [2.75, 3.05) is 5.32 Å². The zero-order chi connectivity index (χ0) is 18.1. The van der Waals surface area contributed by atoms with Crippen LogP contribution in [-0.4, -0.2) is 23.6 Å². The lowest BCUT2D eigenvalue weighted by molar-refractivity contribution is -0.137. The molecule has 0 amide bonds. The van der Waals surface area contributed by atoms with Crippen LogP contribution in [0.3, 0.4) is 0 Å². The lowest BCUT2D eigenvalue weighted by Crippen LogP contribution is -2.17. The van der Waals surface area contributed by atoms with Crippen molar-refractivity contribution in [3.05, 3.63) is 41.9 Å². The molecule has 0 bridgehead atoms. The van der Waals surface area contributed by atoms with Crippen LogP contribution in [-0.2, 0) is 16.0 Å². The Morgan fingerprint density at radius 1 is 1.17 bits per heavy atom. The average Bonchev–Trinajstić information content (AvgIpc) is 2.46. The smallest absolute Gasteiger partial charge is 0.339 e. The van der Waals surface area contributed by atoms with Gasteiger partial charge in [-0.05, 0) is 32.9 Å². The van der Waals surface area contributed by atoms with Gasteiger partial charge in [0, 0.05) is 6.20 Å². The number of hydrogen-bond acceptors (Lipinski definition) is 5. The number of para-hydroxylation sites is 1. The molecule has 0 aliphatic heterocycles. The molecule has 2 aromatic rings. The first-order valence-corrected chi connectivity index (χ1v) is 8.59. The van der Waals surface area contributed by atoms with Crippen LogP contribution in [0.4, 0.5) is 24.7 Å². The van der Waals surface area contributed by atoms with Gasteiger partial charge in [0.25, 0.3) is 0 Å². The van der Waals surface area contributed by atoms with Crippen molar-refractivity contribution in [3.8, 4) is 0 Å². The van der Waals surface area contributed by atoms with Crippen LogP contribution in [0.15, 0.2) is 35.4 Å². The molecule has 0 atom stereocenters. The van der Waals surface area contributed by atoms with E-state index in [-0.39, 0.29) is 16.4 Å². The number of benzene rings is 1. The summed E-state index contributed by atoms with van der Waals surface area (Å²) in [4.78, 5) is 7.24. The van der Waals surface area contributed by atoms with Crippen molar-refractivity contribution in [2.45, 2.75) is 37.1 Å². The van der Waals surface area contributed by atoms with E-state index in [1.54, 1.807) is 0 Å². The molecule has 1 N–H and O–H groups in total. The molecule has 1 heterocycles. The monoisotopic (exact) mass is 359 g/mol. The minimum Gasteiger partial charge on any atom is -0.339 e. The van der Waals surface area contributed by atoms with E-state index in [2.05, 4.69) is 15.3 Å². The minimum absolute atomic E-state index is 0.0369. The summed E-state index contributed by atoms with van der Waals surface area (Å²) in [6.45, 7) is 4.45. The maximum Gasteiger partial charge on any atom is 0.421 e. The summed E-state index contributed by atoms with van der Waals surface area (Å²) in [5.74, 6) is -0.351. The summed E-state index contributed by atoms with van der Waals surface area (Å²) < 4.78 is 64.1. The van der Waals surface area contributed by atoms with Gasteiger partial charge in [-0.2, -0.15) is 13.2 Å². The minimum atomic E-state index is -4.66.